The highest BCUT2D eigenvalue weighted by Gasteiger charge is 2.35. The van der Waals surface area contributed by atoms with Crippen molar-refractivity contribution in [2.45, 2.75) is 85.0 Å². The van der Waals surface area contributed by atoms with Crippen molar-refractivity contribution in [2.24, 2.45) is 23.5 Å². The van der Waals surface area contributed by atoms with Gasteiger partial charge >= 0.3 is 11.9 Å². The first-order valence-corrected chi connectivity index (χ1v) is 10.9. The molecule has 0 spiro atoms. The molecule has 0 fully saturated rings. The lowest BCUT2D eigenvalue weighted by atomic mass is 9.94. The van der Waals surface area contributed by atoms with Gasteiger partial charge in [0.15, 0.2) is 0 Å². The Morgan fingerprint density at radius 1 is 0.719 bits per heavy atom. The van der Waals surface area contributed by atoms with E-state index in [1.54, 1.807) is 27.7 Å². The molecule has 11 nitrogen and oxygen atoms in total. The van der Waals surface area contributed by atoms with Crippen LogP contribution < -0.4 is 21.7 Å². The molecule has 0 aromatic heterocycles. The minimum atomic E-state index is -1.33. The molecule has 0 radical (unpaired) electrons. The SMILES string of the molecule is CCC(C)C(NC(=O)C(N)CC(=O)O)C(=O)NC(C(=O)NC(C(=O)O)C(C)C)C(C)CC. The van der Waals surface area contributed by atoms with E-state index in [-0.39, 0.29) is 17.8 Å². The summed E-state index contributed by atoms with van der Waals surface area (Å²) >= 11 is 0. The van der Waals surface area contributed by atoms with E-state index in [0.717, 1.165) is 0 Å². The van der Waals surface area contributed by atoms with Crippen LogP contribution in [0.5, 0.6) is 0 Å². The maximum Gasteiger partial charge on any atom is 0.326 e. The van der Waals surface area contributed by atoms with E-state index in [2.05, 4.69) is 16.0 Å². The van der Waals surface area contributed by atoms with Gasteiger partial charge in [0.05, 0.1) is 12.5 Å². The van der Waals surface area contributed by atoms with Gasteiger partial charge in [0.25, 0.3) is 0 Å². The molecule has 0 bridgehead atoms. The van der Waals surface area contributed by atoms with Crippen molar-refractivity contribution in [1.29, 1.82) is 0 Å². The maximum absolute atomic E-state index is 13.0. The third-order valence-electron chi connectivity index (χ3n) is 5.55. The average molecular weight is 459 g/mol. The molecular formula is C21H38N4O7. The third kappa shape index (κ3) is 9.21. The number of nitrogens with one attached hydrogen (secondary N) is 3. The lowest BCUT2D eigenvalue weighted by Crippen LogP contribution is -2.60. The number of carboxylic acid groups (broad SMARTS) is 2. The lowest BCUT2D eigenvalue weighted by molar-refractivity contribution is -0.144. The number of nitrogens with two attached hydrogens (primary N) is 1. The number of carbonyl (C=O) groups excluding carboxylic acids is 3. The van der Waals surface area contributed by atoms with Gasteiger partial charge in [0, 0.05) is 0 Å². The molecule has 11 heteroatoms. The molecule has 0 heterocycles. The summed E-state index contributed by atoms with van der Waals surface area (Å²) in [5.74, 6) is -5.50. The van der Waals surface area contributed by atoms with E-state index in [4.69, 9.17) is 10.8 Å². The Morgan fingerprint density at radius 3 is 1.41 bits per heavy atom. The van der Waals surface area contributed by atoms with Crippen LogP contribution in [0.4, 0.5) is 0 Å². The van der Waals surface area contributed by atoms with Crippen LogP contribution in [0.1, 0.15) is 60.8 Å². The van der Waals surface area contributed by atoms with E-state index >= 15 is 0 Å². The predicted octanol–water partition coefficient (Wildman–Crippen LogP) is 0.0756. The van der Waals surface area contributed by atoms with Crippen molar-refractivity contribution >= 4 is 29.7 Å². The Morgan fingerprint density at radius 2 is 1.09 bits per heavy atom. The second-order valence-corrected chi connectivity index (χ2v) is 8.52. The number of rotatable bonds is 14. The minimum Gasteiger partial charge on any atom is -0.481 e. The summed E-state index contributed by atoms with van der Waals surface area (Å²) < 4.78 is 0. The van der Waals surface area contributed by atoms with Crippen molar-refractivity contribution in [1.82, 2.24) is 16.0 Å². The fourth-order valence-electron chi connectivity index (χ4n) is 2.94. The fourth-order valence-corrected chi connectivity index (χ4v) is 2.94. The van der Waals surface area contributed by atoms with E-state index in [0.29, 0.717) is 12.8 Å². The molecule has 6 unspecified atom stereocenters. The standard InChI is InChI=1S/C21H38N4O7/c1-7-11(5)16(24-18(28)13(22)9-14(26)27)20(30)25-17(12(6)8-2)19(29)23-15(10(3)4)21(31)32/h10-13,15-17H,7-9,22H2,1-6H3,(H,23,29)(H,24,28)(H,25,30)(H,26,27)(H,31,32). The van der Waals surface area contributed by atoms with Crippen molar-refractivity contribution < 1.29 is 34.2 Å². The molecule has 0 aliphatic heterocycles. The third-order valence-corrected chi connectivity index (χ3v) is 5.55. The first-order valence-electron chi connectivity index (χ1n) is 10.9. The predicted molar refractivity (Wildman–Crippen MR) is 117 cm³/mol. The molecule has 0 saturated heterocycles. The number of amides is 3. The summed E-state index contributed by atoms with van der Waals surface area (Å²) in [5.41, 5.74) is 5.59. The first-order chi connectivity index (χ1) is 14.8. The van der Waals surface area contributed by atoms with Gasteiger partial charge in [0.2, 0.25) is 17.7 Å². The number of hydrogen-bond acceptors (Lipinski definition) is 6. The Labute approximate surface area is 188 Å². The maximum atomic E-state index is 13.0. The second kappa shape index (κ2) is 13.7. The van der Waals surface area contributed by atoms with Gasteiger partial charge in [-0.25, -0.2) is 4.79 Å². The molecule has 6 atom stereocenters. The molecule has 0 aliphatic carbocycles. The summed E-state index contributed by atoms with van der Waals surface area (Å²) in [6, 6.07) is -4.52. The Balaban J connectivity index is 5.62. The van der Waals surface area contributed by atoms with Gasteiger partial charge < -0.3 is 31.9 Å². The van der Waals surface area contributed by atoms with Gasteiger partial charge in [-0.05, 0) is 17.8 Å². The smallest absolute Gasteiger partial charge is 0.326 e. The largest absolute Gasteiger partial charge is 0.481 e. The highest BCUT2D eigenvalue weighted by atomic mass is 16.4. The Kier molecular flexibility index (Phi) is 12.5. The Hall–Kier alpha value is -2.69. The second-order valence-electron chi connectivity index (χ2n) is 8.52. The van der Waals surface area contributed by atoms with Crippen LogP contribution in [0.3, 0.4) is 0 Å². The van der Waals surface area contributed by atoms with Crippen LogP contribution in [0.25, 0.3) is 0 Å². The molecule has 0 aliphatic rings. The van der Waals surface area contributed by atoms with E-state index < -0.39 is 60.2 Å². The van der Waals surface area contributed by atoms with E-state index in [1.165, 1.54) is 0 Å². The first kappa shape index (κ1) is 29.3. The molecular weight excluding hydrogens is 420 g/mol. The van der Waals surface area contributed by atoms with Crippen LogP contribution in [-0.2, 0) is 24.0 Å². The zero-order chi connectivity index (χ0) is 25.2. The van der Waals surface area contributed by atoms with E-state index in [1.807, 2.05) is 13.8 Å². The van der Waals surface area contributed by atoms with Gasteiger partial charge in [-0.2, -0.15) is 0 Å². The molecule has 7 N–H and O–H groups in total. The zero-order valence-electron chi connectivity index (χ0n) is 19.7. The van der Waals surface area contributed by atoms with Crippen LogP contribution >= 0.6 is 0 Å². The minimum absolute atomic E-state index is 0.317. The normalized spacial score (nSPS) is 16.8. The molecule has 3 amide bonds. The monoisotopic (exact) mass is 458 g/mol. The molecule has 0 aromatic rings. The molecule has 0 saturated carbocycles. The summed E-state index contributed by atoms with van der Waals surface area (Å²) in [6.45, 7) is 10.4. The molecule has 0 rings (SSSR count). The highest BCUT2D eigenvalue weighted by molar-refractivity contribution is 5.95. The van der Waals surface area contributed by atoms with Crippen LogP contribution in [0, 0.1) is 17.8 Å². The van der Waals surface area contributed by atoms with Gasteiger partial charge in [-0.3, -0.25) is 19.2 Å². The van der Waals surface area contributed by atoms with E-state index in [9.17, 15) is 29.1 Å². The molecule has 32 heavy (non-hydrogen) atoms. The number of carbonyl (C=O) groups is 5. The quantitative estimate of drug-likeness (QED) is 0.211. The van der Waals surface area contributed by atoms with Gasteiger partial charge in [-0.15, -0.1) is 0 Å². The summed E-state index contributed by atoms with van der Waals surface area (Å²) in [4.78, 5) is 60.4. The summed E-state index contributed by atoms with van der Waals surface area (Å²) in [6.07, 6.45) is 0.452. The summed E-state index contributed by atoms with van der Waals surface area (Å²) in [5, 5.41) is 25.8. The topological polar surface area (TPSA) is 188 Å². The van der Waals surface area contributed by atoms with Crippen molar-refractivity contribution in [3.63, 3.8) is 0 Å². The number of hydrogen-bond donors (Lipinski definition) is 6. The van der Waals surface area contributed by atoms with Crippen LogP contribution in [0.2, 0.25) is 0 Å². The van der Waals surface area contributed by atoms with Crippen LogP contribution in [-0.4, -0.2) is 64.0 Å². The summed E-state index contributed by atoms with van der Waals surface area (Å²) in [7, 11) is 0. The van der Waals surface area contributed by atoms with Crippen molar-refractivity contribution in [3.8, 4) is 0 Å². The fraction of sp³-hybridized carbons (Fsp3) is 0.762. The number of carboxylic acids is 2. The zero-order valence-corrected chi connectivity index (χ0v) is 19.7. The highest BCUT2D eigenvalue weighted by Crippen LogP contribution is 2.13. The van der Waals surface area contributed by atoms with Crippen molar-refractivity contribution in [2.75, 3.05) is 0 Å². The average Bonchev–Trinajstić information content (AvgIpc) is 2.71. The van der Waals surface area contributed by atoms with Gasteiger partial charge in [-0.1, -0.05) is 54.4 Å². The lowest BCUT2D eigenvalue weighted by Gasteiger charge is -2.30. The van der Waals surface area contributed by atoms with Crippen LogP contribution in [0.15, 0.2) is 0 Å². The van der Waals surface area contributed by atoms with Crippen molar-refractivity contribution in [3.05, 3.63) is 0 Å². The molecule has 0 aromatic carbocycles. The number of aliphatic carboxylic acids is 2. The molecule has 184 valence electrons. The van der Waals surface area contributed by atoms with Gasteiger partial charge in [0.1, 0.15) is 18.1 Å². The Bertz CT molecular complexity index is 683.